The van der Waals surface area contributed by atoms with Gasteiger partial charge < -0.3 is 4.74 Å². The predicted octanol–water partition coefficient (Wildman–Crippen LogP) is 4.24. The van der Waals surface area contributed by atoms with Gasteiger partial charge in [-0.1, -0.05) is 54.0 Å². The molecule has 0 fully saturated rings. The molecular formula is C20H22BrNO4S. The molecule has 27 heavy (non-hydrogen) atoms. The first-order valence-corrected chi connectivity index (χ1v) is 10.8. The van der Waals surface area contributed by atoms with Crippen molar-refractivity contribution in [3.05, 3.63) is 70.2 Å². The minimum Gasteiger partial charge on any atom is -0.458 e. The fourth-order valence-electron chi connectivity index (χ4n) is 2.41. The fraction of sp³-hybridized carbons (Fsp3) is 0.250. The molecule has 0 aliphatic rings. The Hall–Kier alpha value is -1.96. The van der Waals surface area contributed by atoms with E-state index in [0.717, 1.165) is 10.0 Å². The Morgan fingerprint density at radius 1 is 1.04 bits per heavy atom. The van der Waals surface area contributed by atoms with Crippen LogP contribution in [0.15, 0.2) is 64.0 Å². The molecule has 2 rings (SSSR count). The summed E-state index contributed by atoms with van der Waals surface area (Å²) in [5, 5.41) is 0. The SMILES string of the molecule is CCN(CC)S(=O)(=O)c1ccc(C=CC(=O)OCc2ccc(Br)cc2)cc1. The minimum absolute atomic E-state index is 0.192. The summed E-state index contributed by atoms with van der Waals surface area (Å²) >= 11 is 3.35. The Morgan fingerprint density at radius 3 is 2.19 bits per heavy atom. The highest BCUT2D eigenvalue weighted by Gasteiger charge is 2.20. The number of hydrogen-bond donors (Lipinski definition) is 0. The fourth-order valence-corrected chi connectivity index (χ4v) is 4.13. The van der Waals surface area contributed by atoms with Crippen LogP contribution >= 0.6 is 15.9 Å². The number of hydrogen-bond acceptors (Lipinski definition) is 4. The van der Waals surface area contributed by atoms with Crippen LogP contribution in [-0.2, 0) is 26.2 Å². The van der Waals surface area contributed by atoms with E-state index in [1.807, 2.05) is 24.3 Å². The zero-order valence-electron chi connectivity index (χ0n) is 15.3. The average Bonchev–Trinajstić information content (AvgIpc) is 2.67. The summed E-state index contributed by atoms with van der Waals surface area (Å²) in [7, 11) is -3.48. The lowest BCUT2D eigenvalue weighted by molar-refractivity contribution is -0.138. The van der Waals surface area contributed by atoms with Gasteiger partial charge in [0.05, 0.1) is 4.90 Å². The van der Waals surface area contributed by atoms with Gasteiger partial charge in [0.15, 0.2) is 0 Å². The van der Waals surface area contributed by atoms with Crippen LogP contribution < -0.4 is 0 Å². The lowest BCUT2D eigenvalue weighted by Crippen LogP contribution is -2.30. The first-order valence-electron chi connectivity index (χ1n) is 8.56. The van der Waals surface area contributed by atoms with Crippen LogP contribution in [0.1, 0.15) is 25.0 Å². The second kappa shape index (κ2) is 9.82. The molecule has 0 unspecified atom stereocenters. The summed E-state index contributed by atoms with van der Waals surface area (Å²) in [5.41, 5.74) is 1.61. The van der Waals surface area contributed by atoms with Crippen LogP contribution in [-0.4, -0.2) is 31.8 Å². The van der Waals surface area contributed by atoms with E-state index in [1.165, 1.54) is 10.4 Å². The number of ether oxygens (including phenoxy) is 1. The lowest BCUT2D eigenvalue weighted by atomic mass is 10.2. The Kier molecular flexibility index (Phi) is 7.77. The number of halogens is 1. The minimum atomic E-state index is -3.48. The molecular weight excluding hydrogens is 430 g/mol. The van der Waals surface area contributed by atoms with Crippen molar-refractivity contribution in [3.63, 3.8) is 0 Å². The van der Waals surface area contributed by atoms with Crippen molar-refractivity contribution in [2.24, 2.45) is 0 Å². The third-order valence-electron chi connectivity index (χ3n) is 3.93. The smallest absolute Gasteiger partial charge is 0.331 e. The molecule has 2 aromatic carbocycles. The van der Waals surface area contributed by atoms with Gasteiger partial charge in [0.25, 0.3) is 0 Å². The molecule has 0 bridgehead atoms. The molecule has 0 aliphatic carbocycles. The van der Waals surface area contributed by atoms with Gasteiger partial charge in [-0.05, 0) is 41.5 Å². The van der Waals surface area contributed by atoms with Crippen LogP contribution in [0.5, 0.6) is 0 Å². The summed E-state index contributed by atoms with van der Waals surface area (Å²) in [4.78, 5) is 12.1. The number of sulfonamides is 1. The van der Waals surface area contributed by atoms with Crippen molar-refractivity contribution in [1.29, 1.82) is 0 Å². The van der Waals surface area contributed by atoms with E-state index in [1.54, 1.807) is 44.2 Å². The zero-order valence-corrected chi connectivity index (χ0v) is 17.7. The summed E-state index contributed by atoms with van der Waals surface area (Å²) < 4.78 is 32.4. The normalized spacial score (nSPS) is 11.9. The average molecular weight is 452 g/mol. The summed E-state index contributed by atoms with van der Waals surface area (Å²) in [6, 6.07) is 13.9. The molecule has 0 spiro atoms. The van der Waals surface area contributed by atoms with E-state index >= 15 is 0 Å². The monoisotopic (exact) mass is 451 g/mol. The third-order valence-corrected chi connectivity index (χ3v) is 6.52. The van der Waals surface area contributed by atoms with Crippen LogP contribution in [0.25, 0.3) is 6.08 Å². The highest BCUT2D eigenvalue weighted by molar-refractivity contribution is 9.10. The molecule has 0 aliphatic heterocycles. The first-order chi connectivity index (χ1) is 12.9. The third kappa shape index (κ3) is 6.02. The topological polar surface area (TPSA) is 63.7 Å². The van der Waals surface area contributed by atoms with E-state index < -0.39 is 16.0 Å². The molecule has 144 valence electrons. The van der Waals surface area contributed by atoms with Gasteiger partial charge in [0.1, 0.15) is 6.61 Å². The van der Waals surface area contributed by atoms with Gasteiger partial charge in [-0.2, -0.15) is 4.31 Å². The molecule has 7 heteroatoms. The van der Waals surface area contributed by atoms with Crippen LogP contribution in [0.4, 0.5) is 0 Å². The maximum absolute atomic E-state index is 12.4. The number of esters is 1. The van der Waals surface area contributed by atoms with Crippen molar-refractivity contribution in [2.75, 3.05) is 13.1 Å². The van der Waals surface area contributed by atoms with E-state index in [2.05, 4.69) is 15.9 Å². The van der Waals surface area contributed by atoms with Gasteiger partial charge in [0.2, 0.25) is 10.0 Å². The van der Waals surface area contributed by atoms with Crippen molar-refractivity contribution < 1.29 is 17.9 Å². The highest BCUT2D eigenvalue weighted by Crippen LogP contribution is 2.17. The first kappa shape index (κ1) is 21.3. The molecule has 0 atom stereocenters. The van der Waals surface area contributed by atoms with Crippen molar-refractivity contribution in [3.8, 4) is 0 Å². The lowest BCUT2D eigenvalue weighted by Gasteiger charge is -2.18. The van der Waals surface area contributed by atoms with E-state index in [4.69, 9.17) is 4.74 Å². The number of carbonyl (C=O) groups excluding carboxylic acids is 1. The second-order valence-electron chi connectivity index (χ2n) is 5.73. The van der Waals surface area contributed by atoms with Crippen molar-refractivity contribution in [2.45, 2.75) is 25.3 Å². The number of benzene rings is 2. The number of carbonyl (C=O) groups is 1. The molecule has 0 N–H and O–H groups in total. The van der Waals surface area contributed by atoms with E-state index in [0.29, 0.717) is 18.7 Å². The van der Waals surface area contributed by atoms with Crippen LogP contribution in [0, 0.1) is 0 Å². The highest BCUT2D eigenvalue weighted by atomic mass is 79.9. The van der Waals surface area contributed by atoms with E-state index in [9.17, 15) is 13.2 Å². The van der Waals surface area contributed by atoms with E-state index in [-0.39, 0.29) is 11.5 Å². The zero-order chi connectivity index (χ0) is 19.9. The number of nitrogens with zero attached hydrogens (tertiary/aromatic N) is 1. The van der Waals surface area contributed by atoms with Gasteiger partial charge in [-0.25, -0.2) is 13.2 Å². The summed E-state index contributed by atoms with van der Waals surface area (Å²) in [6.45, 7) is 4.64. The second-order valence-corrected chi connectivity index (χ2v) is 8.58. The Labute approximate surface area is 168 Å². The Balaban J connectivity index is 1.97. The van der Waals surface area contributed by atoms with Gasteiger partial charge in [-0.3, -0.25) is 0 Å². The standard InChI is InChI=1S/C20H22BrNO4S/c1-3-22(4-2)27(24,25)19-12-7-16(8-13-19)9-14-20(23)26-15-17-5-10-18(21)11-6-17/h5-14H,3-4,15H2,1-2H3. The molecule has 0 aromatic heterocycles. The molecule has 2 aromatic rings. The van der Waals surface area contributed by atoms with Crippen molar-refractivity contribution >= 4 is 38.0 Å². The number of rotatable bonds is 8. The Morgan fingerprint density at radius 2 is 1.63 bits per heavy atom. The summed E-state index contributed by atoms with van der Waals surface area (Å²) in [6.07, 6.45) is 2.92. The quantitative estimate of drug-likeness (QED) is 0.444. The predicted molar refractivity (Wildman–Crippen MR) is 110 cm³/mol. The van der Waals surface area contributed by atoms with Crippen LogP contribution in [0.2, 0.25) is 0 Å². The molecule has 5 nitrogen and oxygen atoms in total. The molecule has 0 amide bonds. The largest absolute Gasteiger partial charge is 0.458 e. The van der Waals surface area contributed by atoms with Gasteiger partial charge in [-0.15, -0.1) is 0 Å². The van der Waals surface area contributed by atoms with Crippen molar-refractivity contribution in [1.82, 2.24) is 4.31 Å². The maximum atomic E-state index is 12.4. The van der Waals surface area contributed by atoms with Gasteiger partial charge >= 0.3 is 5.97 Å². The molecule has 0 saturated heterocycles. The van der Waals surface area contributed by atoms with Gasteiger partial charge in [0, 0.05) is 23.6 Å². The summed E-state index contributed by atoms with van der Waals surface area (Å²) in [5.74, 6) is -0.460. The van der Waals surface area contributed by atoms with Crippen LogP contribution in [0.3, 0.4) is 0 Å². The molecule has 0 saturated carbocycles. The molecule has 0 radical (unpaired) electrons. The molecule has 0 heterocycles. The maximum Gasteiger partial charge on any atom is 0.331 e. The Bertz CT molecular complexity index is 887.